The minimum atomic E-state index is 0.669. The predicted molar refractivity (Wildman–Crippen MR) is 93.4 cm³/mol. The van der Waals surface area contributed by atoms with E-state index in [9.17, 15) is 0 Å². The smallest absolute Gasteiger partial charge is 0.0504 e. The Hall–Kier alpha value is -1.28. The fourth-order valence-electron chi connectivity index (χ4n) is 6.44. The van der Waals surface area contributed by atoms with E-state index in [4.69, 9.17) is 0 Å². The third-order valence-corrected chi connectivity index (χ3v) is 7.71. The normalized spacial score (nSPS) is 34.9. The Bertz CT molecular complexity index is 769. The molecular weight excluding hydrogens is 280 g/mol. The molecule has 0 amide bonds. The van der Waals surface area contributed by atoms with Gasteiger partial charge >= 0.3 is 0 Å². The highest BCUT2D eigenvalue weighted by Crippen LogP contribution is 2.65. The first-order valence-electron chi connectivity index (χ1n) is 9.68. The van der Waals surface area contributed by atoms with Gasteiger partial charge in [0.25, 0.3) is 0 Å². The molecule has 2 nitrogen and oxygen atoms in total. The number of hydrogen-bond acceptors (Lipinski definition) is 1. The van der Waals surface area contributed by atoms with Crippen molar-refractivity contribution in [3.8, 4) is 0 Å². The number of aromatic nitrogens is 1. The SMILES string of the molecule is c1ccc2c3c([nH]c2c1)C1CC2C(CCCC24CC4)CN1CC3. The molecular formula is C21H26N2. The van der Waals surface area contributed by atoms with Gasteiger partial charge in [0.15, 0.2) is 0 Å². The molecule has 1 aromatic heterocycles. The summed E-state index contributed by atoms with van der Waals surface area (Å²) in [7, 11) is 0. The Morgan fingerprint density at radius 3 is 2.96 bits per heavy atom. The number of piperidine rings is 1. The van der Waals surface area contributed by atoms with Gasteiger partial charge in [-0.25, -0.2) is 0 Å². The molecule has 1 N–H and O–H groups in total. The molecule has 0 radical (unpaired) electrons. The minimum absolute atomic E-state index is 0.669. The second-order valence-electron chi connectivity index (χ2n) is 8.68. The van der Waals surface area contributed by atoms with E-state index in [0.29, 0.717) is 6.04 Å². The summed E-state index contributed by atoms with van der Waals surface area (Å²) < 4.78 is 0. The van der Waals surface area contributed by atoms with Gasteiger partial charge in [-0.1, -0.05) is 24.6 Å². The fourth-order valence-corrected chi connectivity index (χ4v) is 6.44. The third kappa shape index (κ3) is 1.73. The number of benzene rings is 1. The van der Waals surface area contributed by atoms with Crippen LogP contribution in [0.3, 0.4) is 0 Å². The van der Waals surface area contributed by atoms with Crippen molar-refractivity contribution in [2.45, 2.75) is 51.0 Å². The quantitative estimate of drug-likeness (QED) is 0.749. The highest BCUT2D eigenvalue weighted by molar-refractivity contribution is 5.85. The van der Waals surface area contributed by atoms with Crippen molar-refractivity contribution in [3.05, 3.63) is 35.5 Å². The van der Waals surface area contributed by atoms with E-state index in [0.717, 1.165) is 17.3 Å². The molecule has 1 saturated heterocycles. The molecule has 4 aliphatic rings. The summed E-state index contributed by atoms with van der Waals surface area (Å²) in [5.74, 6) is 2.00. The first kappa shape index (κ1) is 13.1. The Morgan fingerprint density at radius 1 is 1.13 bits per heavy atom. The van der Waals surface area contributed by atoms with Crippen LogP contribution in [0.15, 0.2) is 24.3 Å². The summed E-state index contributed by atoms with van der Waals surface area (Å²) in [4.78, 5) is 6.64. The molecule has 120 valence electrons. The molecule has 2 aliphatic carbocycles. The Morgan fingerprint density at radius 2 is 2.04 bits per heavy atom. The standard InChI is InChI=1S/C21H26N2/c1-2-6-18-15(5-1)16-7-11-23-13-14-4-3-8-21(9-10-21)17(14)12-19(23)20(16)22-18/h1-2,5-6,14,17,19,22H,3-4,7-13H2. The average Bonchev–Trinajstić information content (AvgIpc) is 3.25. The average molecular weight is 306 g/mol. The molecule has 0 bridgehead atoms. The summed E-state index contributed by atoms with van der Waals surface area (Å²) in [6.07, 6.45) is 10.2. The monoisotopic (exact) mass is 306 g/mol. The van der Waals surface area contributed by atoms with Gasteiger partial charge in [0, 0.05) is 29.7 Å². The molecule has 3 atom stereocenters. The summed E-state index contributed by atoms with van der Waals surface area (Å²) in [5, 5.41) is 1.48. The Balaban J connectivity index is 1.43. The van der Waals surface area contributed by atoms with Crippen LogP contribution >= 0.6 is 0 Å². The third-order valence-electron chi connectivity index (χ3n) is 7.71. The minimum Gasteiger partial charge on any atom is -0.357 e. The molecule has 2 heteroatoms. The van der Waals surface area contributed by atoms with Crippen molar-refractivity contribution in [2.75, 3.05) is 13.1 Å². The van der Waals surface area contributed by atoms with Crippen LogP contribution in [0.5, 0.6) is 0 Å². The van der Waals surface area contributed by atoms with Crippen molar-refractivity contribution in [3.63, 3.8) is 0 Å². The van der Waals surface area contributed by atoms with E-state index < -0.39 is 0 Å². The predicted octanol–water partition coefficient (Wildman–Crippen LogP) is 4.67. The van der Waals surface area contributed by atoms with Crippen molar-refractivity contribution in [1.82, 2.24) is 9.88 Å². The second kappa shape index (κ2) is 4.42. The van der Waals surface area contributed by atoms with Gasteiger partial charge in [0.05, 0.1) is 6.04 Å². The fraction of sp³-hybridized carbons (Fsp3) is 0.619. The molecule has 3 unspecified atom stereocenters. The lowest BCUT2D eigenvalue weighted by molar-refractivity contribution is -0.00765. The lowest BCUT2D eigenvalue weighted by atomic mass is 9.64. The van der Waals surface area contributed by atoms with Crippen molar-refractivity contribution < 1.29 is 0 Å². The number of aromatic amines is 1. The zero-order valence-corrected chi connectivity index (χ0v) is 13.9. The van der Waals surface area contributed by atoms with E-state index >= 15 is 0 Å². The van der Waals surface area contributed by atoms with Gasteiger partial charge < -0.3 is 4.98 Å². The Labute approximate surface area is 138 Å². The van der Waals surface area contributed by atoms with Crippen LogP contribution in [0.4, 0.5) is 0 Å². The molecule has 1 aromatic carbocycles. The van der Waals surface area contributed by atoms with Crippen LogP contribution in [0, 0.1) is 17.3 Å². The molecule has 3 heterocycles. The highest BCUT2D eigenvalue weighted by Gasteiger charge is 2.56. The van der Waals surface area contributed by atoms with E-state index in [2.05, 4.69) is 34.1 Å². The van der Waals surface area contributed by atoms with Crippen molar-refractivity contribution in [2.24, 2.45) is 17.3 Å². The van der Waals surface area contributed by atoms with Crippen LogP contribution in [0.2, 0.25) is 0 Å². The summed E-state index contributed by atoms with van der Waals surface area (Å²) in [6, 6.07) is 9.60. The Kier molecular flexibility index (Phi) is 2.51. The molecule has 3 fully saturated rings. The lowest BCUT2D eigenvalue weighted by Gasteiger charge is -2.51. The van der Waals surface area contributed by atoms with E-state index in [1.165, 1.54) is 68.9 Å². The van der Waals surface area contributed by atoms with Gasteiger partial charge in [-0.15, -0.1) is 0 Å². The van der Waals surface area contributed by atoms with E-state index in [-0.39, 0.29) is 0 Å². The maximum absolute atomic E-state index is 3.82. The van der Waals surface area contributed by atoms with E-state index in [1.807, 2.05) is 0 Å². The number of hydrogen-bond donors (Lipinski definition) is 1. The molecule has 6 rings (SSSR count). The second-order valence-corrected chi connectivity index (χ2v) is 8.68. The summed E-state index contributed by atoms with van der Waals surface area (Å²) >= 11 is 0. The highest BCUT2D eigenvalue weighted by atomic mass is 15.2. The molecule has 2 saturated carbocycles. The first-order chi connectivity index (χ1) is 11.3. The largest absolute Gasteiger partial charge is 0.357 e. The van der Waals surface area contributed by atoms with Crippen LogP contribution in [-0.4, -0.2) is 23.0 Å². The zero-order chi connectivity index (χ0) is 15.0. The van der Waals surface area contributed by atoms with Gasteiger partial charge in [-0.2, -0.15) is 0 Å². The summed E-state index contributed by atoms with van der Waals surface area (Å²) in [5.41, 5.74) is 5.32. The maximum Gasteiger partial charge on any atom is 0.0504 e. The zero-order valence-electron chi connectivity index (χ0n) is 13.9. The van der Waals surface area contributed by atoms with Gasteiger partial charge in [0.2, 0.25) is 0 Å². The number of rotatable bonds is 0. The molecule has 23 heavy (non-hydrogen) atoms. The summed E-state index contributed by atoms with van der Waals surface area (Å²) in [6.45, 7) is 2.64. The maximum atomic E-state index is 3.82. The lowest BCUT2D eigenvalue weighted by Crippen LogP contribution is -2.49. The molecule has 2 aliphatic heterocycles. The number of H-pyrrole nitrogens is 1. The first-order valence-corrected chi connectivity index (χ1v) is 9.68. The topological polar surface area (TPSA) is 19.0 Å². The number of nitrogens with one attached hydrogen (secondary N) is 1. The van der Waals surface area contributed by atoms with Crippen LogP contribution in [0.25, 0.3) is 10.9 Å². The number of para-hydroxylation sites is 1. The van der Waals surface area contributed by atoms with Gasteiger partial charge in [-0.05, 0) is 67.4 Å². The molecule has 2 aromatic rings. The number of fused-ring (bicyclic) bond motifs is 7. The van der Waals surface area contributed by atoms with Gasteiger partial charge in [0.1, 0.15) is 0 Å². The van der Waals surface area contributed by atoms with Crippen molar-refractivity contribution in [1.29, 1.82) is 0 Å². The van der Waals surface area contributed by atoms with Gasteiger partial charge in [-0.3, -0.25) is 4.90 Å². The van der Waals surface area contributed by atoms with Crippen LogP contribution < -0.4 is 0 Å². The van der Waals surface area contributed by atoms with E-state index in [1.54, 1.807) is 11.3 Å². The van der Waals surface area contributed by atoms with Crippen LogP contribution in [-0.2, 0) is 6.42 Å². The number of nitrogens with zero attached hydrogens (tertiary/aromatic N) is 1. The molecule has 1 spiro atoms. The van der Waals surface area contributed by atoms with Crippen LogP contribution in [0.1, 0.15) is 55.8 Å². The van der Waals surface area contributed by atoms with Crippen molar-refractivity contribution >= 4 is 10.9 Å².